The van der Waals surface area contributed by atoms with Gasteiger partial charge < -0.3 is 10.5 Å². The third-order valence-electron chi connectivity index (χ3n) is 2.01. The molecule has 3 nitrogen and oxygen atoms in total. The second kappa shape index (κ2) is 7.31. The Morgan fingerprint density at radius 1 is 1.50 bits per heavy atom. The Hall–Kier alpha value is -0.345. The zero-order valence-corrected chi connectivity index (χ0v) is 8.31. The summed E-state index contributed by atoms with van der Waals surface area (Å²) in [5, 5.41) is 6.09. The summed E-state index contributed by atoms with van der Waals surface area (Å²) in [6, 6.07) is 0.0573. The summed E-state index contributed by atoms with van der Waals surface area (Å²) in [6.07, 6.45) is 3.20. The summed E-state index contributed by atoms with van der Waals surface area (Å²) >= 11 is 0. The maximum atomic E-state index is 11.0. The van der Waals surface area contributed by atoms with Crippen LogP contribution in [0.15, 0.2) is 0 Å². The van der Waals surface area contributed by atoms with Crippen LogP contribution in [0.4, 0.5) is 0 Å². The molecule has 0 aliphatic carbocycles. The van der Waals surface area contributed by atoms with Crippen LogP contribution in [0.1, 0.15) is 26.2 Å². The van der Waals surface area contributed by atoms with Crippen molar-refractivity contribution in [3.05, 3.63) is 0 Å². The lowest BCUT2D eigenvalue weighted by atomic mass is 10.1. The topological polar surface area (TPSA) is 41.1 Å². The number of unbranched alkanes of at least 4 members (excludes halogenated alkanes) is 1. The van der Waals surface area contributed by atoms with Crippen LogP contribution in [-0.2, 0) is 4.79 Å². The smallest absolute Gasteiger partial charge is 0.181 e. The maximum Gasteiger partial charge on any atom is 0.181 e. The van der Waals surface area contributed by atoms with Gasteiger partial charge in [-0.1, -0.05) is 6.42 Å². The van der Waals surface area contributed by atoms with Gasteiger partial charge in [-0.05, 0) is 33.4 Å². The number of Topliss-reactive ketones (excluding diaryl/α,β-unsaturated/α-hetero) is 1. The van der Waals surface area contributed by atoms with Crippen LogP contribution in [0.5, 0.6) is 0 Å². The number of nitrogens with one attached hydrogen (secondary N) is 2. The minimum atomic E-state index is 0.0573. The fourth-order valence-corrected chi connectivity index (χ4v) is 1.20. The molecule has 0 radical (unpaired) electrons. The van der Waals surface area contributed by atoms with Crippen molar-refractivity contribution in [2.45, 2.75) is 32.2 Å². The lowest BCUT2D eigenvalue weighted by Gasteiger charge is -2.11. The molecule has 0 aliphatic heterocycles. The van der Waals surface area contributed by atoms with E-state index in [1.165, 1.54) is 0 Å². The van der Waals surface area contributed by atoms with Gasteiger partial charge in [0.15, 0.2) is 7.98 Å². The summed E-state index contributed by atoms with van der Waals surface area (Å²) in [6.45, 7) is 2.67. The predicted octanol–water partition coefficient (Wildman–Crippen LogP) is -0.529. The zero-order chi connectivity index (χ0) is 9.40. The van der Waals surface area contributed by atoms with E-state index in [0.717, 1.165) is 25.8 Å². The summed E-state index contributed by atoms with van der Waals surface area (Å²) < 4.78 is 0. The third kappa shape index (κ3) is 5.32. The van der Waals surface area contributed by atoms with Crippen LogP contribution in [0, 0.1) is 0 Å². The molecule has 4 heteroatoms. The monoisotopic (exact) mass is 170 g/mol. The first-order chi connectivity index (χ1) is 5.72. The van der Waals surface area contributed by atoms with Crippen molar-refractivity contribution in [1.82, 2.24) is 10.5 Å². The molecule has 70 valence electrons. The molecule has 0 fully saturated rings. The van der Waals surface area contributed by atoms with E-state index in [4.69, 9.17) is 0 Å². The van der Waals surface area contributed by atoms with E-state index in [0.29, 0.717) is 0 Å². The van der Waals surface area contributed by atoms with Crippen LogP contribution in [0.25, 0.3) is 0 Å². The largest absolute Gasteiger partial charge is 0.362 e. The number of rotatable bonds is 7. The molecule has 2 N–H and O–H groups in total. The molecular weight excluding hydrogens is 151 g/mol. The van der Waals surface area contributed by atoms with Gasteiger partial charge in [-0.2, -0.15) is 0 Å². The minimum Gasteiger partial charge on any atom is -0.362 e. The average molecular weight is 170 g/mol. The summed E-state index contributed by atoms with van der Waals surface area (Å²) in [5.74, 6) is 0.238. The van der Waals surface area contributed by atoms with E-state index < -0.39 is 0 Å². The summed E-state index contributed by atoms with van der Waals surface area (Å²) in [5.41, 5.74) is 0. The molecule has 0 aromatic carbocycles. The highest BCUT2D eigenvalue weighted by molar-refractivity contribution is 6.04. The Morgan fingerprint density at radius 3 is 2.58 bits per heavy atom. The Bertz CT molecular complexity index is 130. The first kappa shape index (κ1) is 11.7. The van der Waals surface area contributed by atoms with Crippen LogP contribution < -0.4 is 10.5 Å². The average Bonchev–Trinajstić information content (AvgIpc) is 2.04. The molecule has 0 rings (SSSR count). The van der Waals surface area contributed by atoms with E-state index in [2.05, 4.69) is 10.5 Å². The molecule has 0 saturated heterocycles. The number of carbonyl (C=O) groups is 1. The fourth-order valence-electron chi connectivity index (χ4n) is 1.20. The van der Waals surface area contributed by atoms with E-state index in [-0.39, 0.29) is 11.8 Å². The number of hydrogen-bond acceptors (Lipinski definition) is 3. The first-order valence-electron chi connectivity index (χ1n) is 4.54. The van der Waals surface area contributed by atoms with Gasteiger partial charge in [-0.15, -0.1) is 0 Å². The van der Waals surface area contributed by atoms with Gasteiger partial charge in [-0.25, -0.2) is 0 Å². The second-order valence-corrected chi connectivity index (χ2v) is 3.05. The number of hydrogen-bond donors (Lipinski definition) is 2. The standard InChI is InChI=1S/C8H19BN2O/c1-7(12)8(10-2)5-3-4-6-11-9/h8,10-11H,3-6,9H2,1-2H3. The first-order valence-corrected chi connectivity index (χ1v) is 4.54. The molecule has 1 unspecified atom stereocenters. The van der Waals surface area contributed by atoms with Crippen LogP contribution >= 0.6 is 0 Å². The van der Waals surface area contributed by atoms with Crippen molar-refractivity contribution >= 4 is 13.8 Å². The van der Waals surface area contributed by atoms with Crippen molar-refractivity contribution in [2.75, 3.05) is 13.6 Å². The van der Waals surface area contributed by atoms with E-state index in [1.807, 2.05) is 15.0 Å². The SMILES string of the molecule is BNCCCCC(NC)C(C)=O. The third-order valence-corrected chi connectivity index (χ3v) is 2.01. The van der Waals surface area contributed by atoms with Crippen molar-refractivity contribution in [3.8, 4) is 0 Å². The molecule has 0 aliphatic rings. The Kier molecular flexibility index (Phi) is 7.10. The predicted molar refractivity (Wildman–Crippen MR) is 53.9 cm³/mol. The van der Waals surface area contributed by atoms with Crippen molar-refractivity contribution in [2.24, 2.45) is 0 Å². The van der Waals surface area contributed by atoms with Crippen LogP contribution in [-0.4, -0.2) is 33.4 Å². The lowest BCUT2D eigenvalue weighted by molar-refractivity contribution is -0.119. The fraction of sp³-hybridized carbons (Fsp3) is 0.875. The number of likely N-dealkylation sites (N-methyl/N-ethyl adjacent to an activating group) is 1. The zero-order valence-electron chi connectivity index (χ0n) is 8.31. The van der Waals surface area contributed by atoms with Crippen molar-refractivity contribution in [3.63, 3.8) is 0 Å². The van der Waals surface area contributed by atoms with Crippen LogP contribution in [0.2, 0.25) is 0 Å². The Morgan fingerprint density at radius 2 is 2.17 bits per heavy atom. The molecule has 12 heavy (non-hydrogen) atoms. The lowest BCUT2D eigenvalue weighted by Crippen LogP contribution is -2.32. The van der Waals surface area contributed by atoms with Crippen LogP contribution in [0.3, 0.4) is 0 Å². The molecule has 0 amide bonds. The molecule has 0 spiro atoms. The summed E-state index contributed by atoms with van der Waals surface area (Å²) in [7, 11) is 3.78. The quantitative estimate of drug-likeness (QED) is 0.398. The number of carbonyl (C=O) groups excluding carboxylic acids is 1. The van der Waals surface area contributed by atoms with E-state index in [9.17, 15) is 4.79 Å². The maximum absolute atomic E-state index is 11.0. The molecule has 0 aromatic heterocycles. The molecule has 1 atom stereocenters. The Balaban J connectivity index is 3.38. The minimum absolute atomic E-state index is 0.0573. The van der Waals surface area contributed by atoms with Gasteiger partial charge >= 0.3 is 0 Å². The Labute approximate surface area is 75.7 Å². The highest BCUT2D eigenvalue weighted by atomic mass is 16.1. The normalized spacial score (nSPS) is 12.8. The van der Waals surface area contributed by atoms with Gasteiger partial charge in [0.25, 0.3) is 0 Å². The van der Waals surface area contributed by atoms with Crippen molar-refractivity contribution < 1.29 is 4.79 Å². The highest BCUT2D eigenvalue weighted by Gasteiger charge is 2.09. The van der Waals surface area contributed by atoms with E-state index in [1.54, 1.807) is 6.92 Å². The highest BCUT2D eigenvalue weighted by Crippen LogP contribution is 2.00. The van der Waals surface area contributed by atoms with E-state index >= 15 is 0 Å². The van der Waals surface area contributed by atoms with Gasteiger partial charge in [0, 0.05) is 0 Å². The molecule has 0 saturated carbocycles. The second-order valence-electron chi connectivity index (χ2n) is 3.05. The number of ketones is 1. The summed E-state index contributed by atoms with van der Waals surface area (Å²) in [4.78, 5) is 11.0. The van der Waals surface area contributed by atoms with Crippen molar-refractivity contribution in [1.29, 1.82) is 0 Å². The molecule has 0 aromatic rings. The molecule has 0 bridgehead atoms. The molecular formula is C8H19BN2O. The van der Waals surface area contributed by atoms with Gasteiger partial charge in [0.05, 0.1) is 6.04 Å². The van der Waals surface area contributed by atoms with Gasteiger partial charge in [0.2, 0.25) is 0 Å². The van der Waals surface area contributed by atoms with Gasteiger partial charge in [-0.3, -0.25) is 4.79 Å². The molecule has 0 heterocycles. The van der Waals surface area contributed by atoms with Gasteiger partial charge in [0.1, 0.15) is 5.78 Å².